The third-order valence-electron chi connectivity index (χ3n) is 5.20. The van der Waals surface area contributed by atoms with Gasteiger partial charge < -0.3 is 15.2 Å². The lowest BCUT2D eigenvalue weighted by molar-refractivity contribution is 0.357. The Morgan fingerprint density at radius 1 is 1.03 bits per heavy atom. The molecular weight excluding hydrogens is 494 g/mol. The predicted octanol–water partition coefficient (Wildman–Crippen LogP) is 5.57. The summed E-state index contributed by atoms with van der Waals surface area (Å²) in [5.74, 6) is 0. The van der Waals surface area contributed by atoms with E-state index in [9.17, 15) is 0 Å². The summed E-state index contributed by atoms with van der Waals surface area (Å²) in [4.78, 5) is 6.84. The Kier molecular flexibility index (Phi) is 8.97. The Hall–Kier alpha value is -2.77. The third-order valence-corrected chi connectivity index (χ3v) is 6.06. The normalized spacial score (nSPS) is 12.8. The van der Waals surface area contributed by atoms with Gasteiger partial charge in [-0.3, -0.25) is 4.98 Å². The minimum absolute atomic E-state index is 0.536. The van der Waals surface area contributed by atoms with Crippen LogP contribution in [0, 0.1) is 0 Å². The van der Waals surface area contributed by atoms with Gasteiger partial charge in [0.2, 0.25) is 0 Å². The molecule has 0 fully saturated rings. The van der Waals surface area contributed by atoms with Crippen LogP contribution in [-0.2, 0) is 18.6 Å². The van der Waals surface area contributed by atoms with Crippen LogP contribution >= 0.6 is 28.1 Å². The largest absolute Gasteiger partial charge is 0.351 e. The van der Waals surface area contributed by atoms with Gasteiger partial charge in [0, 0.05) is 50.5 Å². The summed E-state index contributed by atoms with van der Waals surface area (Å²) < 4.78 is 0.974. The lowest BCUT2D eigenvalue weighted by Gasteiger charge is -2.35. The maximum absolute atomic E-state index is 5.98. The molecule has 1 N–H and O–H groups in total. The standard InChI is InChI=1S/C26H30BrN5S/c1-26(15-17-29-31(2)3,24-18-23(27)14-16-28-24)30-25(33)32(19-21-10-6-4-7-11-21)20-22-12-8-5-9-13-22/h4-14,16-18H,15,19-20H2,1-3H3,(H,30,33)/b29-17-/t26-/m0/s1. The van der Waals surface area contributed by atoms with Gasteiger partial charge in [0.1, 0.15) is 0 Å². The molecule has 0 aliphatic heterocycles. The van der Waals surface area contributed by atoms with E-state index in [1.54, 1.807) is 11.2 Å². The van der Waals surface area contributed by atoms with E-state index >= 15 is 0 Å². The monoisotopic (exact) mass is 523 g/mol. The number of nitrogens with one attached hydrogen (secondary N) is 1. The van der Waals surface area contributed by atoms with E-state index in [1.807, 2.05) is 44.6 Å². The van der Waals surface area contributed by atoms with Crippen LogP contribution in [0.3, 0.4) is 0 Å². The average Bonchev–Trinajstić information content (AvgIpc) is 2.80. The summed E-state index contributed by atoms with van der Waals surface area (Å²) in [6.07, 6.45) is 4.33. The average molecular weight is 525 g/mol. The van der Waals surface area contributed by atoms with E-state index in [1.165, 1.54) is 11.1 Å². The molecule has 0 unspecified atom stereocenters. The number of benzene rings is 2. The molecule has 3 rings (SSSR count). The number of hydrogen-bond donors (Lipinski definition) is 1. The van der Waals surface area contributed by atoms with Gasteiger partial charge in [-0.15, -0.1) is 0 Å². The highest BCUT2D eigenvalue weighted by Gasteiger charge is 2.30. The second kappa shape index (κ2) is 11.9. The minimum atomic E-state index is -0.536. The zero-order valence-corrected chi connectivity index (χ0v) is 21.7. The van der Waals surface area contributed by atoms with E-state index in [2.05, 4.69) is 91.7 Å². The Balaban J connectivity index is 1.89. The molecule has 2 aromatic carbocycles. The molecule has 1 aromatic heterocycles. The number of hydrazone groups is 1. The number of hydrogen-bond acceptors (Lipinski definition) is 4. The van der Waals surface area contributed by atoms with Gasteiger partial charge in [0.25, 0.3) is 0 Å². The van der Waals surface area contributed by atoms with Gasteiger partial charge >= 0.3 is 0 Å². The summed E-state index contributed by atoms with van der Waals surface area (Å²) in [6, 6.07) is 24.7. The SMILES string of the molecule is CN(C)/N=C\C[C@](C)(NC(=S)N(Cc1ccccc1)Cc1ccccc1)c1cc(Br)ccn1. The van der Waals surface area contributed by atoms with Crippen molar-refractivity contribution in [2.24, 2.45) is 5.10 Å². The fourth-order valence-electron chi connectivity index (χ4n) is 3.44. The van der Waals surface area contributed by atoms with E-state index < -0.39 is 5.54 Å². The van der Waals surface area contributed by atoms with E-state index in [-0.39, 0.29) is 0 Å². The van der Waals surface area contributed by atoms with E-state index in [4.69, 9.17) is 12.2 Å². The van der Waals surface area contributed by atoms with Crippen molar-refractivity contribution in [3.05, 3.63) is 100 Å². The molecule has 172 valence electrons. The Morgan fingerprint density at radius 3 is 2.12 bits per heavy atom. The van der Waals surface area contributed by atoms with Crippen LogP contribution in [0.2, 0.25) is 0 Å². The second-order valence-electron chi connectivity index (χ2n) is 8.30. The first kappa shape index (κ1) is 24.9. The predicted molar refractivity (Wildman–Crippen MR) is 144 cm³/mol. The highest BCUT2D eigenvalue weighted by Crippen LogP contribution is 2.25. The molecule has 0 amide bonds. The fraction of sp³-hybridized carbons (Fsp3) is 0.269. The van der Waals surface area contributed by atoms with Crippen LogP contribution in [0.15, 0.2) is 88.6 Å². The van der Waals surface area contributed by atoms with Crippen LogP contribution < -0.4 is 5.32 Å². The lowest BCUT2D eigenvalue weighted by atomic mass is 9.93. The number of pyridine rings is 1. The Labute approximate surface area is 210 Å². The van der Waals surface area contributed by atoms with Crippen LogP contribution in [0.1, 0.15) is 30.2 Å². The van der Waals surface area contributed by atoms with Crippen molar-refractivity contribution in [1.29, 1.82) is 0 Å². The van der Waals surface area contributed by atoms with Crippen molar-refractivity contribution in [2.45, 2.75) is 32.0 Å². The summed E-state index contributed by atoms with van der Waals surface area (Å²) in [5.41, 5.74) is 2.76. The highest BCUT2D eigenvalue weighted by molar-refractivity contribution is 9.10. The number of nitrogens with zero attached hydrogens (tertiary/aromatic N) is 4. The Morgan fingerprint density at radius 2 is 1.61 bits per heavy atom. The molecule has 0 aliphatic carbocycles. The third kappa shape index (κ3) is 7.65. The van der Waals surface area contributed by atoms with Crippen molar-refractivity contribution in [3.63, 3.8) is 0 Å². The van der Waals surface area contributed by atoms with Crippen molar-refractivity contribution in [1.82, 2.24) is 20.2 Å². The molecule has 0 aliphatic rings. The summed E-state index contributed by atoms with van der Waals surface area (Å²) in [6.45, 7) is 3.52. The molecule has 0 saturated heterocycles. The summed E-state index contributed by atoms with van der Waals surface area (Å²) >= 11 is 9.55. The molecular formula is C26H30BrN5S. The number of rotatable bonds is 9. The summed E-state index contributed by atoms with van der Waals surface area (Å²) in [5, 5.41) is 10.5. The molecule has 7 heteroatoms. The second-order valence-corrected chi connectivity index (χ2v) is 9.60. The molecule has 1 heterocycles. The quantitative estimate of drug-likeness (QED) is 0.225. The summed E-state index contributed by atoms with van der Waals surface area (Å²) in [7, 11) is 3.81. The maximum atomic E-state index is 5.98. The molecule has 1 atom stereocenters. The van der Waals surface area contributed by atoms with Gasteiger partial charge in [-0.2, -0.15) is 5.10 Å². The Bertz CT molecular complexity index is 1020. The van der Waals surface area contributed by atoms with Gasteiger partial charge in [-0.1, -0.05) is 76.6 Å². The highest BCUT2D eigenvalue weighted by atomic mass is 79.9. The van der Waals surface area contributed by atoms with Crippen LogP contribution in [-0.4, -0.2) is 40.3 Å². The van der Waals surface area contributed by atoms with Crippen LogP contribution in [0.4, 0.5) is 0 Å². The smallest absolute Gasteiger partial charge is 0.170 e. The van der Waals surface area contributed by atoms with E-state index in [0.717, 1.165) is 10.2 Å². The van der Waals surface area contributed by atoms with Gasteiger partial charge in [0.05, 0.1) is 11.2 Å². The van der Waals surface area contributed by atoms with Gasteiger partial charge in [0.15, 0.2) is 5.11 Å². The van der Waals surface area contributed by atoms with Crippen molar-refractivity contribution in [3.8, 4) is 0 Å². The zero-order chi connectivity index (χ0) is 23.7. The maximum Gasteiger partial charge on any atom is 0.170 e. The molecule has 5 nitrogen and oxygen atoms in total. The minimum Gasteiger partial charge on any atom is -0.351 e. The van der Waals surface area contributed by atoms with Crippen LogP contribution in [0.25, 0.3) is 0 Å². The van der Waals surface area contributed by atoms with Gasteiger partial charge in [-0.25, -0.2) is 0 Å². The molecule has 3 aromatic rings. The number of halogens is 1. The number of thiocarbonyl (C=S) groups is 1. The fourth-order valence-corrected chi connectivity index (χ4v) is 4.12. The molecule has 0 bridgehead atoms. The first-order chi connectivity index (χ1) is 15.9. The van der Waals surface area contributed by atoms with Crippen molar-refractivity contribution >= 4 is 39.5 Å². The van der Waals surface area contributed by atoms with E-state index in [0.29, 0.717) is 24.6 Å². The molecule has 0 spiro atoms. The van der Waals surface area contributed by atoms with Crippen molar-refractivity contribution in [2.75, 3.05) is 14.1 Å². The topological polar surface area (TPSA) is 43.8 Å². The van der Waals surface area contributed by atoms with Crippen molar-refractivity contribution < 1.29 is 0 Å². The first-order valence-corrected chi connectivity index (χ1v) is 12.0. The number of aromatic nitrogens is 1. The van der Waals surface area contributed by atoms with Gasteiger partial charge in [-0.05, 0) is 42.4 Å². The zero-order valence-electron chi connectivity index (χ0n) is 19.3. The first-order valence-electron chi connectivity index (χ1n) is 10.8. The molecule has 0 saturated carbocycles. The molecule has 0 radical (unpaired) electrons. The molecule has 33 heavy (non-hydrogen) atoms. The lowest BCUT2D eigenvalue weighted by Crippen LogP contribution is -2.50. The van der Waals surface area contributed by atoms with Crippen LogP contribution in [0.5, 0.6) is 0 Å².